The Morgan fingerprint density at radius 2 is 2.31 bits per heavy atom. The van der Waals surface area contributed by atoms with E-state index in [9.17, 15) is 5.11 Å². The maximum atomic E-state index is 9.70. The Labute approximate surface area is 99.0 Å². The standard InChI is InChI=1S/C12H26N2O2/c1-10(13-2)11-5-4-6-14(7-11)8-12(15)9-16-3/h10-13,15H,4-9H2,1-3H3. The lowest BCUT2D eigenvalue weighted by atomic mass is 9.91. The van der Waals surface area contributed by atoms with Gasteiger partial charge in [-0.15, -0.1) is 0 Å². The Balaban J connectivity index is 2.32. The van der Waals surface area contributed by atoms with Gasteiger partial charge in [0.2, 0.25) is 0 Å². The molecule has 1 aliphatic rings. The molecule has 1 heterocycles. The lowest BCUT2D eigenvalue weighted by Crippen LogP contribution is -2.46. The first-order chi connectivity index (χ1) is 7.67. The quantitative estimate of drug-likeness (QED) is 0.689. The molecule has 1 saturated heterocycles. The Morgan fingerprint density at radius 3 is 2.94 bits per heavy atom. The molecular weight excluding hydrogens is 204 g/mol. The zero-order chi connectivity index (χ0) is 12.0. The first-order valence-corrected chi connectivity index (χ1v) is 6.24. The third-order valence-electron chi connectivity index (χ3n) is 3.53. The molecule has 0 amide bonds. The van der Waals surface area contributed by atoms with Crippen LogP contribution in [0, 0.1) is 5.92 Å². The molecule has 0 spiro atoms. The van der Waals surface area contributed by atoms with Crippen LogP contribution < -0.4 is 5.32 Å². The first-order valence-electron chi connectivity index (χ1n) is 6.24. The summed E-state index contributed by atoms with van der Waals surface area (Å²) in [6, 6.07) is 0.558. The van der Waals surface area contributed by atoms with Crippen LogP contribution in [0.15, 0.2) is 0 Å². The van der Waals surface area contributed by atoms with E-state index in [0.29, 0.717) is 18.6 Å². The third kappa shape index (κ3) is 4.37. The van der Waals surface area contributed by atoms with Gasteiger partial charge in [-0.05, 0) is 39.3 Å². The summed E-state index contributed by atoms with van der Waals surface area (Å²) in [7, 11) is 3.65. The second kappa shape index (κ2) is 7.22. The van der Waals surface area contributed by atoms with Crippen molar-refractivity contribution < 1.29 is 9.84 Å². The molecule has 0 aromatic carbocycles. The van der Waals surface area contributed by atoms with Crippen LogP contribution in [0.1, 0.15) is 19.8 Å². The van der Waals surface area contributed by atoms with Crippen molar-refractivity contribution in [1.29, 1.82) is 0 Å². The number of ether oxygens (including phenoxy) is 1. The molecule has 4 heteroatoms. The molecule has 0 bridgehead atoms. The minimum atomic E-state index is -0.353. The highest BCUT2D eigenvalue weighted by Crippen LogP contribution is 2.19. The van der Waals surface area contributed by atoms with E-state index >= 15 is 0 Å². The fraction of sp³-hybridized carbons (Fsp3) is 1.00. The normalized spacial score (nSPS) is 26.6. The Kier molecular flexibility index (Phi) is 6.28. The molecule has 3 atom stereocenters. The summed E-state index contributed by atoms with van der Waals surface area (Å²) in [4.78, 5) is 2.35. The zero-order valence-electron chi connectivity index (χ0n) is 10.8. The highest BCUT2D eigenvalue weighted by molar-refractivity contribution is 4.80. The lowest BCUT2D eigenvalue weighted by Gasteiger charge is -2.36. The summed E-state index contributed by atoms with van der Waals surface area (Å²) in [5, 5.41) is 13.0. The van der Waals surface area contributed by atoms with Crippen LogP contribution in [0.3, 0.4) is 0 Å². The molecule has 4 nitrogen and oxygen atoms in total. The van der Waals surface area contributed by atoms with Gasteiger partial charge in [-0.1, -0.05) is 0 Å². The minimum absolute atomic E-state index is 0.353. The average molecular weight is 230 g/mol. The van der Waals surface area contributed by atoms with Crippen molar-refractivity contribution >= 4 is 0 Å². The molecule has 1 rings (SSSR count). The summed E-state index contributed by atoms with van der Waals surface area (Å²) in [6.07, 6.45) is 2.17. The van der Waals surface area contributed by atoms with E-state index in [1.807, 2.05) is 7.05 Å². The van der Waals surface area contributed by atoms with Gasteiger partial charge in [-0.3, -0.25) is 0 Å². The van der Waals surface area contributed by atoms with Crippen LogP contribution in [-0.2, 0) is 4.74 Å². The molecule has 1 aliphatic heterocycles. The van der Waals surface area contributed by atoms with Crippen LogP contribution in [0.2, 0.25) is 0 Å². The van der Waals surface area contributed by atoms with Gasteiger partial charge in [-0.25, -0.2) is 0 Å². The van der Waals surface area contributed by atoms with Crippen LogP contribution in [0.5, 0.6) is 0 Å². The van der Waals surface area contributed by atoms with Crippen molar-refractivity contribution in [2.75, 3.05) is 40.4 Å². The highest BCUT2D eigenvalue weighted by Gasteiger charge is 2.24. The molecule has 0 aromatic rings. The van der Waals surface area contributed by atoms with Crippen molar-refractivity contribution in [1.82, 2.24) is 10.2 Å². The highest BCUT2D eigenvalue weighted by atomic mass is 16.5. The number of rotatable bonds is 6. The fourth-order valence-corrected chi connectivity index (χ4v) is 2.44. The third-order valence-corrected chi connectivity index (χ3v) is 3.53. The van der Waals surface area contributed by atoms with Gasteiger partial charge in [0, 0.05) is 26.2 Å². The molecular formula is C12H26N2O2. The van der Waals surface area contributed by atoms with Gasteiger partial charge >= 0.3 is 0 Å². The van der Waals surface area contributed by atoms with Crippen molar-refractivity contribution in [3.8, 4) is 0 Å². The van der Waals surface area contributed by atoms with Gasteiger partial charge in [0.05, 0.1) is 12.7 Å². The van der Waals surface area contributed by atoms with E-state index in [-0.39, 0.29) is 6.10 Å². The van der Waals surface area contributed by atoms with Gasteiger partial charge in [-0.2, -0.15) is 0 Å². The van der Waals surface area contributed by atoms with E-state index in [2.05, 4.69) is 17.1 Å². The lowest BCUT2D eigenvalue weighted by molar-refractivity contribution is 0.0248. The van der Waals surface area contributed by atoms with Gasteiger partial charge < -0.3 is 20.1 Å². The largest absolute Gasteiger partial charge is 0.389 e. The number of nitrogens with one attached hydrogen (secondary N) is 1. The van der Waals surface area contributed by atoms with Crippen molar-refractivity contribution in [3.05, 3.63) is 0 Å². The predicted molar refractivity (Wildman–Crippen MR) is 65.6 cm³/mol. The average Bonchev–Trinajstić information content (AvgIpc) is 2.28. The van der Waals surface area contributed by atoms with E-state index in [0.717, 1.165) is 19.6 Å². The number of methoxy groups -OCH3 is 1. The molecule has 16 heavy (non-hydrogen) atoms. The zero-order valence-corrected chi connectivity index (χ0v) is 10.8. The molecule has 3 unspecified atom stereocenters. The number of hydrogen-bond donors (Lipinski definition) is 2. The number of nitrogens with zero attached hydrogens (tertiary/aromatic N) is 1. The van der Waals surface area contributed by atoms with Crippen molar-refractivity contribution in [3.63, 3.8) is 0 Å². The predicted octanol–water partition coefficient (Wildman–Crippen LogP) is 0.314. The monoisotopic (exact) mass is 230 g/mol. The van der Waals surface area contributed by atoms with E-state index < -0.39 is 0 Å². The van der Waals surface area contributed by atoms with Crippen LogP contribution in [-0.4, -0.2) is 62.6 Å². The molecule has 0 aliphatic carbocycles. The van der Waals surface area contributed by atoms with Gasteiger partial charge in [0.25, 0.3) is 0 Å². The fourth-order valence-electron chi connectivity index (χ4n) is 2.44. The van der Waals surface area contributed by atoms with Gasteiger partial charge in [0.1, 0.15) is 0 Å². The maximum absolute atomic E-state index is 9.70. The number of β-amino-alcohol motifs (C(OH)–C–C–N with tert-alkyl or cyclic N) is 1. The molecule has 2 N–H and O–H groups in total. The summed E-state index contributed by atoms with van der Waals surface area (Å²) in [6.45, 7) is 5.60. The van der Waals surface area contributed by atoms with Crippen molar-refractivity contribution in [2.45, 2.75) is 31.9 Å². The van der Waals surface area contributed by atoms with Crippen molar-refractivity contribution in [2.24, 2.45) is 5.92 Å². The molecule has 1 fully saturated rings. The second-order valence-corrected chi connectivity index (χ2v) is 4.85. The summed E-state index contributed by atoms with van der Waals surface area (Å²) >= 11 is 0. The molecule has 96 valence electrons. The number of aliphatic hydroxyl groups excluding tert-OH is 1. The topological polar surface area (TPSA) is 44.7 Å². The van der Waals surface area contributed by atoms with Crippen LogP contribution >= 0.6 is 0 Å². The summed E-state index contributed by atoms with van der Waals surface area (Å²) < 4.78 is 4.95. The minimum Gasteiger partial charge on any atom is -0.389 e. The number of hydrogen-bond acceptors (Lipinski definition) is 4. The Hall–Kier alpha value is -0.160. The number of aliphatic hydroxyl groups is 1. The smallest absolute Gasteiger partial charge is 0.0900 e. The Morgan fingerprint density at radius 1 is 1.56 bits per heavy atom. The van der Waals surface area contributed by atoms with Crippen LogP contribution in [0.25, 0.3) is 0 Å². The van der Waals surface area contributed by atoms with E-state index in [4.69, 9.17) is 4.74 Å². The van der Waals surface area contributed by atoms with Crippen LogP contribution in [0.4, 0.5) is 0 Å². The number of likely N-dealkylation sites (tertiary alicyclic amines) is 1. The van der Waals surface area contributed by atoms with Gasteiger partial charge in [0.15, 0.2) is 0 Å². The van der Waals surface area contributed by atoms with E-state index in [1.54, 1.807) is 7.11 Å². The maximum Gasteiger partial charge on any atom is 0.0900 e. The molecule has 0 aromatic heterocycles. The number of piperidine rings is 1. The SMILES string of the molecule is CNC(C)C1CCCN(CC(O)COC)C1. The first kappa shape index (κ1) is 13.9. The molecule has 0 saturated carbocycles. The van der Waals surface area contributed by atoms with E-state index in [1.165, 1.54) is 12.8 Å². The Bertz CT molecular complexity index is 190. The summed E-state index contributed by atoms with van der Waals surface area (Å²) in [5.74, 6) is 0.702. The second-order valence-electron chi connectivity index (χ2n) is 4.85. The molecule has 0 radical (unpaired) electrons. The summed E-state index contributed by atoms with van der Waals surface area (Å²) in [5.41, 5.74) is 0.